The fourth-order valence-electron chi connectivity index (χ4n) is 1.42. The van der Waals surface area contributed by atoms with Gasteiger partial charge in [0, 0.05) is 6.07 Å². The number of carbonyl (C=O) groups excluding carboxylic acids is 1. The maximum absolute atomic E-state index is 11.5. The Labute approximate surface area is 110 Å². The summed E-state index contributed by atoms with van der Waals surface area (Å²) in [4.78, 5) is 21.7. The maximum Gasteiger partial charge on any atom is 0.310 e. The summed E-state index contributed by atoms with van der Waals surface area (Å²) in [5, 5.41) is 22.2. The van der Waals surface area contributed by atoms with Crippen molar-refractivity contribution >= 4 is 11.6 Å². The van der Waals surface area contributed by atoms with Crippen LogP contribution in [0.4, 0.5) is 5.69 Å². The van der Waals surface area contributed by atoms with E-state index in [9.17, 15) is 14.9 Å². The van der Waals surface area contributed by atoms with E-state index in [0.717, 1.165) is 0 Å². The summed E-state index contributed by atoms with van der Waals surface area (Å²) in [6.45, 7) is 1.33. The van der Waals surface area contributed by atoms with Crippen LogP contribution in [-0.4, -0.2) is 35.2 Å². The van der Waals surface area contributed by atoms with Crippen molar-refractivity contribution in [1.29, 1.82) is 0 Å². The Bertz CT molecular complexity index is 446. The van der Waals surface area contributed by atoms with Gasteiger partial charge in [-0.15, -0.1) is 0 Å². The Morgan fingerprint density at radius 1 is 1.53 bits per heavy atom. The van der Waals surface area contributed by atoms with Crippen LogP contribution in [0.15, 0.2) is 24.3 Å². The molecule has 0 aliphatic carbocycles. The van der Waals surface area contributed by atoms with Gasteiger partial charge in [0.25, 0.3) is 5.91 Å². The number of amides is 1. The van der Waals surface area contributed by atoms with Crippen LogP contribution in [0.1, 0.15) is 13.3 Å². The Hall–Kier alpha value is -2.15. The highest BCUT2D eigenvalue weighted by Gasteiger charge is 2.15. The normalized spacial score (nSPS) is 11.7. The summed E-state index contributed by atoms with van der Waals surface area (Å²) >= 11 is 0. The van der Waals surface area contributed by atoms with Gasteiger partial charge < -0.3 is 15.2 Å². The van der Waals surface area contributed by atoms with Crippen molar-refractivity contribution in [1.82, 2.24) is 5.32 Å². The molecule has 2 N–H and O–H groups in total. The van der Waals surface area contributed by atoms with Crippen LogP contribution in [0.3, 0.4) is 0 Å². The standard InChI is InChI=1S/C12H16N2O5/c1-2-9(7-15)13-12(16)8-19-11-6-4-3-5-10(11)14(17)18/h3-6,9,15H,2,7-8H2,1H3,(H,13,16)/t9-/m0/s1. The number of rotatable bonds is 7. The van der Waals surface area contributed by atoms with Gasteiger partial charge >= 0.3 is 5.69 Å². The second kappa shape index (κ2) is 7.32. The van der Waals surface area contributed by atoms with Crippen LogP contribution in [0.25, 0.3) is 0 Å². The number of aliphatic hydroxyl groups excluding tert-OH is 1. The van der Waals surface area contributed by atoms with Crippen LogP contribution >= 0.6 is 0 Å². The van der Waals surface area contributed by atoms with Crippen molar-refractivity contribution in [2.24, 2.45) is 0 Å². The van der Waals surface area contributed by atoms with Gasteiger partial charge in [-0.3, -0.25) is 14.9 Å². The number of nitro benzene ring substituents is 1. The van der Waals surface area contributed by atoms with Crippen molar-refractivity contribution < 1.29 is 19.6 Å². The van der Waals surface area contributed by atoms with Crippen molar-refractivity contribution in [3.63, 3.8) is 0 Å². The molecule has 0 heterocycles. The number of nitrogens with zero attached hydrogens (tertiary/aromatic N) is 1. The third-order valence-electron chi connectivity index (χ3n) is 2.50. The molecular formula is C12H16N2O5. The van der Waals surface area contributed by atoms with Crippen molar-refractivity contribution in [2.75, 3.05) is 13.2 Å². The Kier molecular flexibility index (Phi) is 5.74. The molecule has 7 nitrogen and oxygen atoms in total. The van der Waals surface area contributed by atoms with E-state index in [4.69, 9.17) is 9.84 Å². The number of hydrogen-bond acceptors (Lipinski definition) is 5. The second-order valence-corrected chi connectivity index (χ2v) is 3.87. The predicted octanol–water partition coefficient (Wildman–Crippen LogP) is 0.861. The first-order valence-electron chi connectivity index (χ1n) is 5.85. The van der Waals surface area contributed by atoms with E-state index in [2.05, 4.69) is 5.32 Å². The molecule has 1 aromatic rings. The molecule has 1 aromatic carbocycles. The number of hydrogen-bond donors (Lipinski definition) is 2. The highest BCUT2D eigenvalue weighted by molar-refractivity contribution is 5.78. The Morgan fingerprint density at radius 3 is 2.79 bits per heavy atom. The zero-order chi connectivity index (χ0) is 14.3. The molecule has 7 heteroatoms. The second-order valence-electron chi connectivity index (χ2n) is 3.87. The Morgan fingerprint density at radius 2 is 2.21 bits per heavy atom. The molecule has 0 radical (unpaired) electrons. The first-order valence-corrected chi connectivity index (χ1v) is 5.85. The smallest absolute Gasteiger partial charge is 0.310 e. The number of nitro groups is 1. The molecule has 0 aromatic heterocycles. The molecule has 0 bridgehead atoms. The zero-order valence-electron chi connectivity index (χ0n) is 10.5. The lowest BCUT2D eigenvalue weighted by Gasteiger charge is -2.14. The highest BCUT2D eigenvalue weighted by atomic mass is 16.6. The first kappa shape index (κ1) is 14.9. The maximum atomic E-state index is 11.5. The SMILES string of the molecule is CC[C@@H](CO)NC(=O)COc1ccccc1[N+](=O)[O-]. The predicted molar refractivity (Wildman–Crippen MR) is 67.9 cm³/mol. The minimum atomic E-state index is -0.574. The number of carbonyl (C=O) groups is 1. The van der Waals surface area contributed by atoms with Crippen LogP contribution in [-0.2, 0) is 4.79 Å². The van der Waals surface area contributed by atoms with Crippen LogP contribution in [0, 0.1) is 10.1 Å². The fraction of sp³-hybridized carbons (Fsp3) is 0.417. The van der Waals surface area contributed by atoms with Crippen LogP contribution in [0.5, 0.6) is 5.75 Å². The third-order valence-corrected chi connectivity index (χ3v) is 2.50. The van der Waals surface area contributed by atoms with Gasteiger partial charge in [0.1, 0.15) is 0 Å². The molecule has 1 rings (SSSR count). The summed E-state index contributed by atoms with van der Waals surface area (Å²) in [7, 11) is 0. The lowest BCUT2D eigenvalue weighted by molar-refractivity contribution is -0.385. The van der Waals surface area contributed by atoms with Gasteiger partial charge in [0.05, 0.1) is 17.6 Å². The quantitative estimate of drug-likeness (QED) is 0.564. The minimum absolute atomic E-state index is 0.0414. The van der Waals surface area contributed by atoms with Gasteiger partial charge in [-0.1, -0.05) is 19.1 Å². The number of ether oxygens (including phenoxy) is 1. The molecule has 1 atom stereocenters. The molecule has 0 saturated carbocycles. The molecule has 0 aliphatic rings. The van der Waals surface area contributed by atoms with E-state index in [1.165, 1.54) is 18.2 Å². The first-order chi connectivity index (χ1) is 9.08. The van der Waals surface area contributed by atoms with Gasteiger partial charge in [-0.05, 0) is 12.5 Å². The summed E-state index contributed by atoms with van der Waals surface area (Å²) in [6.07, 6.45) is 0.591. The summed E-state index contributed by atoms with van der Waals surface area (Å²) < 4.78 is 5.11. The molecule has 104 valence electrons. The molecule has 0 spiro atoms. The molecular weight excluding hydrogens is 252 g/mol. The topological polar surface area (TPSA) is 102 Å². The number of benzene rings is 1. The Balaban J connectivity index is 2.57. The van der Waals surface area contributed by atoms with E-state index in [1.807, 2.05) is 6.92 Å². The molecule has 19 heavy (non-hydrogen) atoms. The van der Waals surface area contributed by atoms with Gasteiger partial charge in [-0.2, -0.15) is 0 Å². The number of para-hydroxylation sites is 2. The van der Waals surface area contributed by atoms with E-state index in [1.54, 1.807) is 6.07 Å². The zero-order valence-corrected chi connectivity index (χ0v) is 10.5. The van der Waals surface area contributed by atoms with Crippen molar-refractivity contribution in [3.8, 4) is 5.75 Å². The summed E-state index contributed by atoms with van der Waals surface area (Å²) in [6, 6.07) is 5.50. The van der Waals surface area contributed by atoms with Crippen molar-refractivity contribution in [2.45, 2.75) is 19.4 Å². The fourth-order valence-corrected chi connectivity index (χ4v) is 1.42. The summed E-state index contributed by atoms with van der Waals surface area (Å²) in [5.41, 5.74) is -0.190. The van der Waals surface area contributed by atoms with Crippen LogP contribution < -0.4 is 10.1 Å². The van der Waals surface area contributed by atoms with Crippen LogP contribution in [0.2, 0.25) is 0 Å². The van der Waals surface area contributed by atoms with Gasteiger partial charge in [0.15, 0.2) is 12.4 Å². The lowest BCUT2D eigenvalue weighted by Crippen LogP contribution is -2.39. The molecule has 0 aliphatic heterocycles. The highest BCUT2D eigenvalue weighted by Crippen LogP contribution is 2.25. The van der Waals surface area contributed by atoms with E-state index in [0.29, 0.717) is 6.42 Å². The van der Waals surface area contributed by atoms with Gasteiger partial charge in [-0.25, -0.2) is 0 Å². The minimum Gasteiger partial charge on any atom is -0.477 e. The molecule has 0 fully saturated rings. The average Bonchev–Trinajstić information content (AvgIpc) is 2.42. The van der Waals surface area contributed by atoms with Crippen molar-refractivity contribution in [3.05, 3.63) is 34.4 Å². The monoisotopic (exact) mass is 268 g/mol. The lowest BCUT2D eigenvalue weighted by atomic mass is 10.2. The third kappa shape index (κ3) is 4.55. The van der Waals surface area contributed by atoms with Gasteiger partial charge in [0.2, 0.25) is 0 Å². The molecule has 0 unspecified atom stereocenters. The number of nitrogens with one attached hydrogen (secondary N) is 1. The molecule has 1 amide bonds. The molecule has 0 saturated heterocycles. The van der Waals surface area contributed by atoms with E-state index in [-0.39, 0.29) is 30.7 Å². The van der Waals surface area contributed by atoms with E-state index >= 15 is 0 Å². The largest absolute Gasteiger partial charge is 0.477 e. The van der Waals surface area contributed by atoms with E-state index < -0.39 is 10.8 Å². The number of aliphatic hydroxyl groups is 1. The summed E-state index contributed by atoms with van der Waals surface area (Å²) in [5.74, 6) is -0.390. The average molecular weight is 268 g/mol.